The Morgan fingerprint density at radius 1 is 1.04 bits per heavy atom. The maximum absolute atomic E-state index is 13.3. The number of nitrogens with zero attached hydrogens (tertiary/aromatic N) is 1. The Morgan fingerprint density at radius 2 is 1.64 bits per heavy atom. The molecule has 28 heavy (non-hydrogen) atoms. The second kappa shape index (κ2) is 8.18. The first-order valence-corrected chi connectivity index (χ1v) is 11.6. The molecular formula is C25H38NO2+. The molecule has 3 unspecified atom stereocenters. The van der Waals surface area contributed by atoms with E-state index in [0.717, 1.165) is 37.2 Å². The van der Waals surface area contributed by atoms with E-state index in [1.54, 1.807) is 0 Å². The van der Waals surface area contributed by atoms with Crippen LogP contribution in [0.5, 0.6) is 0 Å². The van der Waals surface area contributed by atoms with E-state index in [4.69, 9.17) is 4.74 Å². The topological polar surface area (TPSA) is 26.3 Å². The molecular weight excluding hydrogens is 346 g/mol. The van der Waals surface area contributed by atoms with Crippen LogP contribution in [-0.2, 0) is 9.53 Å². The van der Waals surface area contributed by atoms with E-state index in [2.05, 4.69) is 45.2 Å². The molecule has 0 amide bonds. The summed E-state index contributed by atoms with van der Waals surface area (Å²) in [4.78, 5) is 13.3. The van der Waals surface area contributed by atoms with E-state index < -0.39 is 0 Å². The van der Waals surface area contributed by atoms with Crippen molar-refractivity contribution in [2.45, 2.75) is 89.3 Å². The summed E-state index contributed by atoms with van der Waals surface area (Å²) in [7, 11) is 2.45. The fourth-order valence-electron chi connectivity index (χ4n) is 6.66. The molecule has 154 valence electrons. The molecule has 1 aliphatic carbocycles. The molecule has 3 fully saturated rings. The van der Waals surface area contributed by atoms with Crippen LogP contribution in [0.4, 0.5) is 0 Å². The zero-order chi connectivity index (χ0) is 19.7. The van der Waals surface area contributed by atoms with Crippen LogP contribution < -0.4 is 0 Å². The summed E-state index contributed by atoms with van der Waals surface area (Å²) in [5.41, 5.74) is 1.15. The molecule has 3 aliphatic rings. The van der Waals surface area contributed by atoms with Crippen molar-refractivity contribution in [1.82, 2.24) is 0 Å². The summed E-state index contributed by atoms with van der Waals surface area (Å²) in [6.07, 6.45) is 9.65. The van der Waals surface area contributed by atoms with Crippen LogP contribution in [0.15, 0.2) is 30.3 Å². The smallest absolute Gasteiger partial charge is 0.313 e. The van der Waals surface area contributed by atoms with E-state index in [0.29, 0.717) is 18.0 Å². The average Bonchev–Trinajstić information content (AvgIpc) is 3.19. The van der Waals surface area contributed by atoms with Gasteiger partial charge in [0.05, 0.1) is 31.6 Å². The number of piperidine rings is 1. The van der Waals surface area contributed by atoms with Crippen LogP contribution in [0.2, 0.25) is 0 Å². The number of carbonyl (C=O) groups is 1. The Balaban J connectivity index is 1.46. The van der Waals surface area contributed by atoms with Crippen LogP contribution in [0.3, 0.4) is 0 Å². The zero-order valence-electron chi connectivity index (χ0n) is 18.0. The fraction of sp³-hybridized carbons (Fsp3) is 0.720. The van der Waals surface area contributed by atoms with Crippen molar-refractivity contribution < 1.29 is 14.0 Å². The number of carbonyl (C=O) groups excluding carboxylic acids is 1. The lowest BCUT2D eigenvalue weighted by Gasteiger charge is -2.48. The highest BCUT2D eigenvalue weighted by molar-refractivity contribution is 5.78. The molecule has 0 aromatic heterocycles. The fourth-order valence-corrected chi connectivity index (χ4v) is 6.66. The SMILES string of the molecule is CC(C)C[N+]1(C)[C@@H]2CC[C@H]1CC(OC(=O)C(c1ccccc1)C1CCCC1)C2. The number of hydrogen-bond donors (Lipinski definition) is 0. The van der Waals surface area contributed by atoms with Crippen molar-refractivity contribution >= 4 is 5.97 Å². The molecule has 2 bridgehead atoms. The number of hydrogen-bond acceptors (Lipinski definition) is 2. The van der Waals surface area contributed by atoms with Gasteiger partial charge in [0.15, 0.2) is 0 Å². The quantitative estimate of drug-likeness (QED) is 0.491. The molecule has 2 heterocycles. The maximum Gasteiger partial charge on any atom is 0.313 e. The highest BCUT2D eigenvalue weighted by Crippen LogP contribution is 2.44. The molecule has 2 aliphatic heterocycles. The van der Waals surface area contributed by atoms with Gasteiger partial charge in [-0.15, -0.1) is 0 Å². The average molecular weight is 385 g/mol. The molecule has 0 spiro atoms. The number of benzene rings is 1. The Hall–Kier alpha value is -1.35. The second-order valence-electron chi connectivity index (χ2n) is 10.3. The summed E-state index contributed by atoms with van der Waals surface area (Å²) in [5.74, 6) is 1.15. The molecule has 1 aromatic carbocycles. The van der Waals surface area contributed by atoms with E-state index in [-0.39, 0.29) is 18.0 Å². The second-order valence-corrected chi connectivity index (χ2v) is 10.3. The van der Waals surface area contributed by atoms with Gasteiger partial charge in [-0.25, -0.2) is 0 Å². The summed E-state index contributed by atoms with van der Waals surface area (Å²) in [6.45, 7) is 5.92. The minimum Gasteiger partial charge on any atom is -0.461 e. The summed E-state index contributed by atoms with van der Waals surface area (Å²) >= 11 is 0. The minimum atomic E-state index is -0.0696. The highest BCUT2D eigenvalue weighted by atomic mass is 16.5. The van der Waals surface area contributed by atoms with Gasteiger partial charge in [0.1, 0.15) is 6.10 Å². The standard InChI is InChI=1S/C25H38NO2/c1-18(2)17-26(3)21-13-14-22(26)16-23(15-21)28-25(27)24(20-11-7-8-12-20)19-9-5-4-6-10-19/h4-6,9-10,18,20-24H,7-8,11-17H2,1-3H3/q+1/t21-,22+,23?,24?,26?. The molecule has 2 saturated heterocycles. The summed E-state index contributed by atoms with van der Waals surface area (Å²) in [5, 5.41) is 0. The van der Waals surface area contributed by atoms with Crippen LogP contribution in [0.25, 0.3) is 0 Å². The van der Waals surface area contributed by atoms with Crippen LogP contribution >= 0.6 is 0 Å². The third-order valence-corrected chi connectivity index (χ3v) is 7.90. The van der Waals surface area contributed by atoms with Gasteiger partial charge in [0.2, 0.25) is 0 Å². The van der Waals surface area contributed by atoms with Gasteiger partial charge in [-0.2, -0.15) is 0 Å². The number of fused-ring (bicyclic) bond motifs is 2. The van der Waals surface area contributed by atoms with Gasteiger partial charge in [0, 0.05) is 31.6 Å². The summed E-state index contributed by atoms with van der Waals surface area (Å²) < 4.78 is 7.46. The highest BCUT2D eigenvalue weighted by Gasteiger charge is 2.52. The summed E-state index contributed by atoms with van der Waals surface area (Å²) in [6, 6.07) is 11.7. The lowest BCUT2D eigenvalue weighted by atomic mass is 9.84. The van der Waals surface area contributed by atoms with E-state index in [1.807, 2.05) is 6.07 Å². The van der Waals surface area contributed by atoms with Crippen LogP contribution in [0.1, 0.15) is 76.7 Å². The molecule has 4 rings (SSSR count). The van der Waals surface area contributed by atoms with Crippen molar-refractivity contribution in [2.24, 2.45) is 11.8 Å². The molecule has 1 saturated carbocycles. The number of ether oxygens (including phenoxy) is 1. The molecule has 0 radical (unpaired) electrons. The Labute approximate surface area is 171 Å². The molecule has 3 heteroatoms. The first kappa shape index (κ1) is 19.9. The monoisotopic (exact) mass is 384 g/mol. The van der Waals surface area contributed by atoms with Gasteiger partial charge >= 0.3 is 5.97 Å². The minimum absolute atomic E-state index is 0.0439. The molecule has 5 atom stereocenters. The first-order chi connectivity index (χ1) is 13.5. The lowest BCUT2D eigenvalue weighted by molar-refractivity contribution is -0.951. The lowest BCUT2D eigenvalue weighted by Crippen LogP contribution is -2.60. The largest absolute Gasteiger partial charge is 0.461 e. The molecule has 3 nitrogen and oxygen atoms in total. The Bertz CT molecular complexity index is 650. The van der Waals surface area contributed by atoms with E-state index in [1.165, 1.54) is 36.7 Å². The predicted octanol–water partition coefficient (Wildman–Crippen LogP) is 5.30. The molecule has 1 aromatic rings. The van der Waals surface area contributed by atoms with Crippen molar-refractivity contribution in [3.05, 3.63) is 35.9 Å². The van der Waals surface area contributed by atoms with Crippen molar-refractivity contribution in [3.8, 4) is 0 Å². The van der Waals surface area contributed by atoms with E-state index >= 15 is 0 Å². The van der Waals surface area contributed by atoms with Gasteiger partial charge in [-0.05, 0) is 24.3 Å². The maximum atomic E-state index is 13.3. The Morgan fingerprint density at radius 3 is 2.21 bits per heavy atom. The van der Waals surface area contributed by atoms with Crippen molar-refractivity contribution in [2.75, 3.05) is 13.6 Å². The predicted molar refractivity (Wildman–Crippen MR) is 113 cm³/mol. The first-order valence-electron chi connectivity index (χ1n) is 11.6. The Kier molecular flexibility index (Phi) is 5.83. The van der Waals surface area contributed by atoms with Crippen LogP contribution in [-0.4, -0.2) is 42.2 Å². The van der Waals surface area contributed by atoms with Gasteiger partial charge in [-0.1, -0.05) is 57.0 Å². The normalized spacial score (nSPS) is 33.9. The third kappa shape index (κ3) is 3.87. The molecule has 0 N–H and O–H groups in total. The van der Waals surface area contributed by atoms with Gasteiger partial charge < -0.3 is 9.22 Å². The van der Waals surface area contributed by atoms with Crippen LogP contribution in [0, 0.1) is 11.8 Å². The zero-order valence-corrected chi connectivity index (χ0v) is 18.0. The third-order valence-electron chi connectivity index (χ3n) is 7.90. The number of quaternary nitrogens is 1. The van der Waals surface area contributed by atoms with Crippen molar-refractivity contribution in [3.63, 3.8) is 0 Å². The van der Waals surface area contributed by atoms with Gasteiger partial charge in [-0.3, -0.25) is 4.79 Å². The number of esters is 1. The van der Waals surface area contributed by atoms with Gasteiger partial charge in [0.25, 0.3) is 0 Å². The van der Waals surface area contributed by atoms with E-state index in [9.17, 15) is 4.79 Å². The number of rotatable bonds is 6. The van der Waals surface area contributed by atoms with Crippen molar-refractivity contribution in [1.29, 1.82) is 0 Å².